The number of nitrogens with one attached hydrogen (secondary N) is 1. The molecule has 2 aliphatic carbocycles. The number of alkyl carbamates (subject to hydrolysis) is 1. The van der Waals surface area contributed by atoms with Gasteiger partial charge in [-0.1, -0.05) is 6.07 Å². The number of nitrogens with zero attached hydrogens (tertiary/aromatic N) is 1. The van der Waals surface area contributed by atoms with Gasteiger partial charge >= 0.3 is 18.0 Å². The predicted octanol–water partition coefficient (Wildman–Crippen LogP) is 1.94. The van der Waals surface area contributed by atoms with Crippen molar-refractivity contribution in [2.75, 3.05) is 26.7 Å². The molecule has 0 radical (unpaired) electrons. The van der Waals surface area contributed by atoms with Crippen molar-refractivity contribution in [3.63, 3.8) is 0 Å². The van der Waals surface area contributed by atoms with E-state index in [1.807, 2.05) is 12.1 Å². The maximum Gasteiger partial charge on any atom is 0.408 e. The van der Waals surface area contributed by atoms with Crippen molar-refractivity contribution in [1.82, 2.24) is 10.2 Å². The molecule has 0 unspecified atom stereocenters. The van der Waals surface area contributed by atoms with E-state index >= 15 is 0 Å². The van der Waals surface area contributed by atoms with Crippen LogP contribution in [0.5, 0.6) is 11.5 Å². The van der Waals surface area contributed by atoms with E-state index in [9.17, 15) is 14.4 Å². The summed E-state index contributed by atoms with van der Waals surface area (Å²) in [6, 6.07) is 4.24. The van der Waals surface area contributed by atoms with Crippen LogP contribution in [0.1, 0.15) is 44.2 Å². The van der Waals surface area contributed by atoms with Crippen molar-refractivity contribution in [3.8, 4) is 11.5 Å². The lowest BCUT2D eigenvalue weighted by Crippen LogP contribution is -2.66. The van der Waals surface area contributed by atoms with Crippen LogP contribution in [0, 0.1) is 5.92 Å². The molecule has 0 aromatic heterocycles. The molecule has 2 aliphatic heterocycles. The summed E-state index contributed by atoms with van der Waals surface area (Å²) in [5.41, 5.74) is 2.05. The Bertz CT molecular complexity index is 995. The van der Waals surface area contributed by atoms with Crippen molar-refractivity contribution < 1.29 is 33.3 Å². The molecule has 9 heteroatoms. The number of carbonyl (C=O) groups excluding carboxylic acids is 3. The molecule has 178 valence electrons. The summed E-state index contributed by atoms with van der Waals surface area (Å²) in [7, 11) is 2.17. The number of esters is 2. The third kappa shape index (κ3) is 3.44. The smallest absolute Gasteiger partial charge is 0.408 e. The molecule has 1 saturated carbocycles. The van der Waals surface area contributed by atoms with Crippen LogP contribution in [0.25, 0.3) is 0 Å². The first kappa shape index (κ1) is 22.0. The quantitative estimate of drug-likeness (QED) is 0.528. The number of likely N-dealkylation sites (N-methyl/N-ethyl adjacent to an activating group) is 1. The largest absolute Gasteiger partial charge is 0.481 e. The lowest BCUT2D eigenvalue weighted by Gasteiger charge is -2.58. The average molecular weight is 459 g/mol. The number of rotatable bonds is 5. The van der Waals surface area contributed by atoms with Gasteiger partial charge in [0.1, 0.15) is 18.8 Å². The number of hydrogen-bond donors (Lipinski definition) is 1. The van der Waals surface area contributed by atoms with Crippen molar-refractivity contribution in [1.29, 1.82) is 0 Å². The molecule has 5 rings (SSSR count). The van der Waals surface area contributed by atoms with Gasteiger partial charge in [0.15, 0.2) is 11.5 Å². The monoisotopic (exact) mass is 458 g/mol. The van der Waals surface area contributed by atoms with Crippen molar-refractivity contribution in [2.45, 2.75) is 63.2 Å². The zero-order valence-corrected chi connectivity index (χ0v) is 19.2. The molecule has 2 heterocycles. The molecule has 1 amide bonds. The fourth-order valence-electron chi connectivity index (χ4n) is 6.57. The van der Waals surface area contributed by atoms with E-state index in [2.05, 4.69) is 17.3 Å². The van der Waals surface area contributed by atoms with Gasteiger partial charge in [-0.15, -0.1) is 0 Å². The summed E-state index contributed by atoms with van der Waals surface area (Å²) in [4.78, 5) is 38.3. The van der Waals surface area contributed by atoms with Gasteiger partial charge in [0.05, 0.1) is 6.61 Å². The topological polar surface area (TPSA) is 103 Å². The Hall–Kier alpha value is -2.81. The number of amides is 1. The Kier molecular flexibility index (Phi) is 5.47. The van der Waals surface area contributed by atoms with Crippen LogP contribution in [0.15, 0.2) is 12.1 Å². The second kappa shape index (κ2) is 8.20. The van der Waals surface area contributed by atoms with E-state index in [4.69, 9.17) is 18.9 Å². The highest BCUT2D eigenvalue weighted by Gasteiger charge is 2.66. The minimum Gasteiger partial charge on any atom is -0.481 e. The molecular weight excluding hydrogens is 428 g/mol. The van der Waals surface area contributed by atoms with E-state index in [-0.39, 0.29) is 24.7 Å². The van der Waals surface area contributed by atoms with E-state index < -0.39 is 24.1 Å². The second-order valence-electron chi connectivity index (χ2n) is 9.39. The molecule has 1 N–H and O–H groups in total. The normalized spacial score (nSPS) is 31.1. The van der Waals surface area contributed by atoms with Gasteiger partial charge < -0.3 is 29.2 Å². The van der Waals surface area contributed by atoms with Gasteiger partial charge in [-0.25, -0.2) is 4.79 Å². The fraction of sp³-hybridized carbons (Fsp3) is 0.625. The molecule has 4 aliphatic rings. The summed E-state index contributed by atoms with van der Waals surface area (Å²) in [5.74, 6) is 0.490. The van der Waals surface area contributed by atoms with Crippen molar-refractivity contribution in [3.05, 3.63) is 23.3 Å². The maximum absolute atomic E-state index is 12.5. The van der Waals surface area contributed by atoms with Crippen LogP contribution in [-0.4, -0.2) is 67.9 Å². The summed E-state index contributed by atoms with van der Waals surface area (Å²) < 4.78 is 22.7. The number of hydrogen-bond acceptors (Lipinski definition) is 8. The Morgan fingerprint density at radius 2 is 2.09 bits per heavy atom. The van der Waals surface area contributed by atoms with Crippen LogP contribution < -0.4 is 14.8 Å². The molecule has 1 spiro atoms. The molecule has 2 fully saturated rings. The lowest BCUT2D eigenvalue weighted by atomic mass is 9.51. The molecule has 2 bridgehead atoms. The van der Waals surface area contributed by atoms with Crippen molar-refractivity contribution in [2.24, 2.45) is 5.92 Å². The highest BCUT2D eigenvalue weighted by Crippen LogP contribution is 2.64. The zero-order valence-electron chi connectivity index (χ0n) is 19.2. The summed E-state index contributed by atoms with van der Waals surface area (Å²) in [6.07, 6.45) is 1.86. The average Bonchev–Trinajstić information content (AvgIpc) is 3.12. The predicted molar refractivity (Wildman–Crippen MR) is 116 cm³/mol. The standard InChI is InChI=1S/C24H30N2O7/c1-4-30-19(28)12-25-23(29)32-18-8-6-15-16-11-14-5-7-17(31-13(2)27)21-20(14)24(15,22(18)33-21)9-10-26(16)3/h5,7,15-16,18,22H,4,6,8-12H2,1-3H3,(H,25,29)/t15-,16+,18-,22-,24-/m0/s1. The summed E-state index contributed by atoms with van der Waals surface area (Å²) in [5, 5.41) is 2.48. The Labute approximate surface area is 192 Å². The third-order valence-electron chi connectivity index (χ3n) is 7.72. The SMILES string of the molecule is CCOC(=O)CNC(=O)O[C@H]1CC[C@H]2[C@H]3Cc4ccc(OC(C)=O)c5c4[C@@]2(CCN3C)[C@H]1O5. The highest BCUT2D eigenvalue weighted by molar-refractivity contribution is 5.78. The maximum atomic E-state index is 12.5. The molecule has 1 aromatic rings. The molecule has 1 aromatic carbocycles. The van der Waals surface area contributed by atoms with E-state index in [1.54, 1.807) is 6.92 Å². The summed E-state index contributed by atoms with van der Waals surface area (Å²) >= 11 is 0. The second-order valence-corrected chi connectivity index (χ2v) is 9.39. The first-order chi connectivity index (χ1) is 15.8. The lowest BCUT2D eigenvalue weighted by molar-refractivity contribution is -0.142. The van der Waals surface area contributed by atoms with Crippen LogP contribution in [0.3, 0.4) is 0 Å². The number of benzene rings is 1. The molecule has 1 saturated heterocycles. The van der Waals surface area contributed by atoms with E-state index in [1.165, 1.54) is 12.5 Å². The highest BCUT2D eigenvalue weighted by atomic mass is 16.6. The minimum absolute atomic E-state index is 0.244. The number of ether oxygens (including phenoxy) is 4. The van der Waals surface area contributed by atoms with Crippen molar-refractivity contribution >= 4 is 18.0 Å². The number of carbonyl (C=O) groups is 3. The van der Waals surface area contributed by atoms with Crippen LogP contribution in [-0.2, 0) is 30.9 Å². The third-order valence-corrected chi connectivity index (χ3v) is 7.72. The van der Waals surface area contributed by atoms with Crippen LogP contribution in [0.4, 0.5) is 4.79 Å². The van der Waals surface area contributed by atoms with Gasteiger partial charge in [-0.3, -0.25) is 9.59 Å². The van der Waals surface area contributed by atoms with E-state index in [0.717, 1.165) is 31.4 Å². The Morgan fingerprint density at radius 3 is 2.85 bits per heavy atom. The Balaban J connectivity index is 1.46. The zero-order chi connectivity index (χ0) is 23.3. The van der Waals surface area contributed by atoms with Gasteiger partial charge in [0.25, 0.3) is 0 Å². The number of likely N-dealkylation sites (tertiary alicyclic amines) is 1. The molecule has 9 nitrogen and oxygen atoms in total. The van der Waals surface area contributed by atoms with Gasteiger partial charge in [-0.05, 0) is 63.7 Å². The van der Waals surface area contributed by atoms with Gasteiger partial charge in [0, 0.05) is 23.9 Å². The number of piperidine rings is 1. The first-order valence-corrected chi connectivity index (χ1v) is 11.7. The van der Waals surface area contributed by atoms with Crippen LogP contribution in [0.2, 0.25) is 0 Å². The first-order valence-electron chi connectivity index (χ1n) is 11.7. The molecule has 33 heavy (non-hydrogen) atoms. The summed E-state index contributed by atoms with van der Waals surface area (Å²) in [6.45, 7) is 4.01. The molecular formula is C24H30N2O7. The Morgan fingerprint density at radius 1 is 1.27 bits per heavy atom. The fourth-order valence-corrected chi connectivity index (χ4v) is 6.57. The molecule has 5 atom stereocenters. The van der Waals surface area contributed by atoms with Gasteiger partial charge in [0.2, 0.25) is 0 Å². The van der Waals surface area contributed by atoms with E-state index in [0.29, 0.717) is 29.9 Å². The van der Waals surface area contributed by atoms with Crippen LogP contribution >= 0.6 is 0 Å². The van der Waals surface area contributed by atoms with Gasteiger partial charge in [-0.2, -0.15) is 0 Å². The minimum atomic E-state index is -0.664.